The molecule has 0 radical (unpaired) electrons. The lowest BCUT2D eigenvalue weighted by molar-refractivity contribution is -0.00949. The van der Waals surface area contributed by atoms with Gasteiger partial charge in [0.25, 0.3) is 0 Å². The molecule has 1 heterocycles. The Morgan fingerprint density at radius 2 is 2.03 bits per heavy atom. The fraction of sp³-hybridized carbons (Fsp3) is 0.417. The number of nitrogens with zero attached hydrogens (tertiary/aromatic N) is 2. The van der Waals surface area contributed by atoms with E-state index >= 15 is 0 Å². The van der Waals surface area contributed by atoms with Gasteiger partial charge in [0.2, 0.25) is 0 Å². The Hall–Kier alpha value is -2.14. The van der Waals surface area contributed by atoms with Gasteiger partial charge in [0.1, 0.15) is 0 Å². The summed E-state index contributed by atoms with van der Waals surface area (Å²) in [5.74, 6) is 1.40. The van der Waals surface area contributed by atoms with Crippen molar-refractivity contribution in [1.82, 2.24) is 9.88 Å². The van der Waals surface area contributed by atoms with Gasteiger partial charge < -0.3 is 10.2 Å². The third-order valence-corrected chi connectivity index (χ3v) is 7.23. The molecule has 2 amide bonds. The van der Waals surface area contributed by atoms with E-state index in [9.17, 15) is 4.79 Å². The first kappa shape index (κ1) is 20.1. The Kier molecular flexibility index (Phi) is 5.77. The first-order valence-electron chi connectivity index (χ1n) is 10.3. The van der Waals surface area contributed by atoms with E-state index in [1.54, 1.807) is 0 Å². The molecule has 3 aliphatic carbocycles. The van der Waals surface area contributed by atoms with E-state index in [4.69, 9.17) is 0 Å². The molecule has 29 heavy (non-hydrogen) atoms. The molecule has 1 fully saturated rings. The van der Waals surface area contributed by atoms with Crippen LogP contribution in [0.25, 0.3) is 0 Å². The average Bonchev–Trinajstić information content (AvgIpc) is 2.73. The molecule has 0 spiro atoms. The minimum Gasteiger partial charge on any atom is -0.320 e. The van der Waals surface area contributed by atoms with E-state index < -0.39 is 0 Å². The van der Waals surface area contributed by atoms with E-state index in [0.29, 0.717) is 24.4 Å². The highest BCUT2D eigenvalue weighted by molar-refractivity contribution is 9.10. The lowest BCUT2D eigenvalue weighted by Crippen LogP contribution is -2.50. The number of carbonyl (C=O) groups excluding carboxylic acids is 1. The zero-order valence-electron chi connectivity index (χ0n) is 17.1. The predicted molar refractivity (Wildman–Crippen MR) is 121 cm³/mol. The fourth-order valence-corrected chi connectivity index (χ4v) is 4.92. The third kappa shape index (κ3) is 4.40. The summed E-state index contributed by atoms with van der Waals surface area (Å²) in [6.07, 6.45) is 7.34. The highest BCUT2D eigenvalue weighted by Gasteiger charge is 2.51. The number of pyridine rings is 1. The average molecular weight is 454 g/mol. The molecule has 3 aliphatic rings. The number of fused-ring (bicyclic) bond motifs is 1. The number of aromatic nitrogens is 1. The minimum atomic E-state index is -0.0524. The highest BCUT2D eigenvalue weighted by Crippen LogP contribution is 2.59. The quantitative estimate of drug-likeness (QED) is 0.552. The van der Waals surface area contributed by atoms with Gasteiger partial charge in [0.05, 0.1) is 0 Å². The van der Waals surface area contributed by atoms with Gasteiger partial charge in [0, 0.05) is 41.6 Å². The van der Waals surface area contributed by atoms with Crippen LogP contribution >= 0.6 is 15.9 Å². The molecule has 1 N–H and O–H groups in total. The van der Waals surface area contributed by atoms with Crippen molar-refractivity contribution < 1.29 is 4.79 Å². The van der Waals surface area contributed by atoms with Gasteiger partial charge in [-0.3, -0.25) is 4.98 Å². The standard InChI is InChI=1S/C24H28BrN3O/c1-24(2)18-7-6-17(22(24)15-18)16-28(14-12-20-5-3-4-13-26-20)23(29)27-21-10-8-19(25)9-11-21/h3-6,8-11,13,18,22H,7,12,14-16H2,1-2H3,(H,27,29). The molecule has 2 unspecified atom stereocenters. The van der Waals surface area contributed by atoms with E-state index in [2.05, 4.69) is 46.2 Å². The minimum absolute atomic E-state index is 0.0524. The Labute approximate surface area is 181 Å². The van der Waals surface area contributed by atoms with Crippen LogP contribution in [-0.4, -0.2) is 29.0 Å². The second kappa shape index (κ2) is 8.31. The zero-order chi connectivity index (χ0) is 20.4. The summed E-state index contributed by atoms with van der Waals surface area (Å²) in [5, 5.41) is 3.06. The van der Waals surface area contributed by atoms with Crippen LogP contribution in [0.2, 0.25) is 0 Å². The number of urea groups is 1. The highest BCUT2D eigenvalue weighted by atomic mass is 79.9. The molecule has 0 saturated heterocycles. The van der Waals surface area contributed by atoms with Crippen molar-refractivity contribution >= 4 is 27.6 Å². The summed E-state index contributed by atoms with van der Waals surface area (Å²) < 4.78 is 0.997. The van der Waals surface area contributed by atoms with Gasteiger partial charge in [0.15, 0.2) is 0 Å². The van der Waals surface area contributed by atoms with Crippen LogP contribution in [0, 0.1) is 17.3 Å². The fourth-order valence-electron chi connectivity index (χ4n) is 4.66. The van der Waals surface area contributed by atoms with Crippen molar-refractivity contribution in [3.8, 4) is 0 Å². The molecule has 2 aromatic rings. The van der Waals surface area contributed by atoms with Crippen LogP contribution in [0.5, 0.6) is 0 Å². The molecule has 0 aliphatic heterocycles. The third-order valence-electron chi connectivity index (χ3n) is 6.70. The lowest BCUT2D eigenvalue weighted by Gasteiger charge is -2.57. The van der Waals surface area contributed by atoms with Crippen molar-refractivity contribution in [2.45, 2.75) is 33.1 Å². The molecule has 2 atom stereocenters. The smallest absolute Gasteiger partial charge is 0.320 e. The van der Waals surface area contributed by atoms with Gasteiger partial charge in [-0.1, -0.05) is 47.5 Å². The summed E-state index contributed by atoms with van der Waals surface area (Å²) in [7, 11) is 0. The van der Waals surface area contributed by atoms with Crippen LogP contribution in [0.1, 0.15) is 32.4 Å². The zero-order valence-corrected chi connectivity index (χ0v) is 18.7. The number of hydrogen-bond donors (Lipinski definition) is 1. The number of rotatable bonds is 6. The molecule has 5 heteroatoms. The molecule has 4 nitrogen and oxygen atoms in total. The Bertz CT molecular complexity index is 892. The summed E-state index contributed by atoms with van der Waals surface area (Å²) in [6, 6.07) is 13.6. The molecule has 1 aromatic heterocycles. The maximum atomic E-state index is 13.1. The topological polar surface area (TPSA) is 45.2 Å². The molecular formula is C24H28BrN3O. The van der Waals surface area contributed by atoms with Crippen molar-refractivity contribution in [3.05, 3.63) is 70.5 Å². The number of benzene rings is 1. The first-order chi connectivity index (χ1) is 13.9. The first-order valence-corrected chi connectivity index (χ1v) is 11.1. The Balaban J connectivity index is 1.48. The molecule has 1 aromatic carbocycles. The number of anilines is 1. The van der Waals surface area contributed by atoms with Crippen LogP contribution in [0.4, 0.5) is 10.5 Å². The van der Waals surface area contributed by atoms with Gasteiger partial charge in [-0.25, -0.2) is 4.79 Å². The largest absolute Gasteiger partial charge is 0.322 e. The monoisotopic (exact) mass is 453 g/mol. The van der Waals surface area contributed by atoms with Crippen LogP contribution in [0.3, 0.4) is 0 Å². The van der Waals surface area contributed by atoms with Gasteiger partial charge in [-0.15, -0.1) is 0 Å². The van der Waals surface area contributed by atoms with E-state index in [0.717, 1.165) is 34.6 Å². The number of hydrogen-bond acceptors (Lipinski definition) is 2. The van der Waals surface area contributed by atoms with Gasteiger partial charge in [-0.05, 0) is 66.5 Å². The summed E-state index contributed by atoms with van der Waals surface area (Å²) in [5.41, 5.74) is 3.60. The van der Waals surface area contributed by atoms with Crippen molar-refractivity contribution in [2.75, 3.05) is 18.4 Å². The molecule has 2 bridgehead atoms. The summed E-state index contributed by atoms with van der Waals surface area (Å²) in [6.45, 7) is 6.08. The van der Waals surface area contributed by atoms with Crippen LogP contribution < -0.4 is 5.32 Å². The molecule has 152 valence electrons. The maximum absolute atomic E-state index is 13.1. The number of halogens is 1. The Morgan fingerprint density at radius 3 is 2.69 bits per heavy atom. The SMILES string of the molecule is CC1(C)C2CC=C(CN(CCc3ccccn3)C(=O)Nc3ccc(Br)cc3)C1C2. The molecule has 1 saturated carbocycles. The van der Waals surface area contributed by atoms with E-state index in [1.165, 1.54) is 12.0 Å². The number of nitrogens with one attached hydrogen (secondary N) is 1. The van der Waals surface area contributed by atoms with Crippen molar-refractivity contribution in [3.63, 3.8) is 0 Å². The molecular weight excluding hydrogens is 426 g/mol. The number of allylic oxidation sites excluding steroid dienone is 1. The molecule has 5 rings (SSSR count). The lowest BCUT2D eigenvalue weighted by atomic mass is 9.49. The van der Waals surface area contributed by atoms with Gasteiger partial charge >= 0.3 is 6.03 Å². The Morgan fingerprint density at radius 1 is 1.24 bits per heavy atom. The van der Waals surface area contributed by atoms with Crippen molar-refractivity contribution in [1.29, 1.82) is 0 Å². The number of amides is 2. The number of carbonyl (C=O) groups is 1. The van der Waals surface area contributed by atoms with Gasteiger partial charge in [-0.2, -0.15) is 0 Å². The van der Waals surface area contributed by atoms with Crippen molar-refractivity contribution in [2.24, 2.45) is 17.3 Å². The second-order valence-electron chi connectivity index (χ2n) is 8.75. The predicted octanol–water partition coefficient (Wildman–Crippen LogP) is 5.91. The van der Waals surface area contributed by atoms with Crippen LogP contribution in [0.15, 0.2) is 64.8 Å². The van der Waals surface area contributed by atoms with Crippen LogP contribution in [-0.2, 0) is 6.42 Å². The maximum Gasteiger partial charge on any atom is 0.322 e. The van der Waals surface area contributed by atoms with E-state index in [-0.39, 0.29) is 6.03 Å². The summed E-state index contributed by atoms with van der Waals surface area (Å²) in [4.78, 5) is 19.5. The second-order valence-corrected chi connectivity index (χ2v) is 9.67. The summed E-state index contributed by atoms with van der Waals surface area (Å²) >= 11 is 3.44. The van der Waals surface area contributed by atoms with E-state index in [1.807, 2.05) is 53.6 Å². The normalized spacial score (nSPS) is 21.7.